The molecule has 4 aromatic rings. The Labute approximate surface area is 158 Å². The quantitative estimate of drug-likeness (QED) is 0.506. The Balaban J connectivity index is 1.46. The standard InChI is InChI=1S/C18H14N6O4/c1-11(25)18-21-13(9-27-18)8-24-20-7-14(23-24)22-17(26)15-16(28-10-19-15)12-5-3-2-4-6-12/h2-7,9-10H,8H2,1H3,(H,22,23,26). The van der Waals surface area contributed by atoms with Gasteiger partial charge in [-0.3, -0.25) is 9.59 Å². The van der Waals surface area contributed by atoms with E-state index in [1.807, 2.05) is 30.3 Å². The van der Waals surface area contributed by atoms with E-state index in [0.717, 1.165) is 5.56 Å². The largest absolute Gasteiger partial charge is 0.443 e. The van der Waals surface area contributed by atoms with Crippen molar-refractivity contribution in [1.82, 2.24) is 25.0 Å². The van der Waals surface area contributed by atoms with E-state index >= 15 is 0 Å². The molecule has 28 heavy (non-hydrogen) atoms. The normalized spacial score (nSPS) is 10.8. The highest BCUT2D eigenvalue weighted by Crippen LogP contribution is 2.23. The first-order valence-corrected chi connectivity index (χ1v) is 8.26. The summed E-state index contributed by atoms with van der Waals surface area (Å²) in [6.45, 7) is 1.55. The van der Waals surface area contributed by atoms with Crippen LogP contribution < -0.4 is 5.32 Å². The van der Waals surface area contributed by atoms with Crippen LogP contribution >= 0.6 is 0 Å². The lowest BCUT2D eigenvalue weighted by molar-refractivity contribution is 0.0979. The molecule has 0 aliphatic carbocycles. The van der Waals surface area contributed by atoms with Gasteiger partial charge in [-0.15, -0.1) is 5.10 Å². The van der Waals surface area contributed by atoms with Gasteiger partial charge in [0, 0.05) is 12.5 Å². The van der Waals surface area contributed by atoms with Gasteiger partial charge in [0.2, 0.25) is 5.78 Å². The zero-order valence-electron chi connectivity index (χ0n) is 14.7. The first-order valence-electron chi connectivity index (χ1n) is 8.26. The molecule has 3 heterocycles. The van der Waals surface area contributed by atoms with Gasteiger partial charge < -0.3 is 14.2 Å². The van der Waals surface area contributed by atoms with Gasteiger partial charge in [0.25, 0.3) is 11.8 Å². The molecule has 0 radical (unpaired) electrons. The average molecular weight is 378 g/mol. The summed E-state index contributed by atoms with van der Waals surface area (Å²) < 4.78 is 10.4. The number of amides is 1. The number of anilines is 1. The molecular formula is C18H14N6O4. The Morgan fingerprint density at radius 2 is 2.00 bits per heavy atom. The molecule has 4 rings (SSSR count). The van der Waals surface area contributed by atoms with Gasteiger partial charge in [-0.05, 0) is 0 Å². The second-order valence-corrected chi connectivity index (χ2v) is 5.81. The van der Waals surface area contributed by atoms with Crippen molar-refractivity contribution in [2.24, 2.45) is 0 Å². The number of carbonyl (C=O) groups is 2. The summed E-state index contributed by atoms with van der Waals surface area (Å²) in [6, 6.07) is 9.19. The molecule has 0 saturated heterocycles. The summed E-state index contributed by atoms with van der Waals surface area (Å²) in [5.41, 5.74) is 1.37. The Bertz CT molecular complexity index is 1130. The van der Waals surface area contributed by atoms with Crippen molar-refractivity contribution in [3.05, 3.63) is 66.5 Å². The Morgan fingerprint density at radius 1 is 1.18 bits per heavy atom. The van der Waals surface area contributed by atoms with Crippen LogP contribution in [0.4, 0.5) is 5.82 Å². The van der Waals surface area contributed by atoms with Crippen molar-refractivity contribution in [1.29, 1.82) is 0 Å². The second-order valence-electron chi connectivity index (χ2n) is 5.81. The summed E-state index contributed by atoms with van der Waals surface area (Å²) in [4.78, 5) is 33.1. The molecule has 0 aliphatic rings. The van der Waals surface area contributed by atoms with Gasteiger partial charge in [-0.1, -0.05) is 30.3 Å². The number of benzene rings is 1. The van der Waals surface area contributed by atoms with Gasteiger partial charge in [-0.25, -0.2) is 9.97 Å². The van der Waals surface area contributed by atoms with Crippen LogP contribution in [-0.4, -0.2) is 36.7 Å². The topological polar surface area (TPSA) is 129 Å². The molecule has 3 aromatic heterocycles. The average Bonchev–Trinajstić information content (AvgIpc) is 3.43. The highest BCUT2D eigenvalue weighted by atomic mass is 16.3. The number of nitrogens with one attached hydrogen (secondary N) is 1. The Kier molecular flexibility index (Phi) is 4.50. The first-order chi connectivity index (χ1) is 13.6. The number of aromatic nitrogens is 5. The number of hydrogen-bond acceptors (Lipinski definition) is 8. The van der Waals surface area contributed by atoms with Crippen LogP contribution in [0.5, 0.6) is 0 Å². The van der Waals surface area contributed by atoms with Gasteiger partial charge in [0.15, 0.2) is 23.7 Å². The van der Waals surface area contributed by atoms with Crippen LogP contribution in [0.25, 0.3) is 11.3 Å². The van der Waals surface area contributed by atoms with Crippen molar-refractivity contribution < 1.29 is 18.4 Å². The van der Waals surface area contributed by atoms with Crippen LogP contribution in [0, 0.1) is 0 Å². The number of carbonyl (C=O) groups excluding carboxylic acids is 2. The van der Waals surface area contributed by atoms with E-state index in [2.05, 4.69) is 25.5 Å². The van der Waals surface area contributed by atoms with Gasteiger partial charge >= 0.3 is 0 Å². The van der Waals surface area contributed by atoms with Crippen LogP contribution in [0.15, 0.2) is 58.0 Å². The summed E-state index contributed by atoms with van der Waals surface area (Å²) in [6.07, 6.45) is 3.97. The molecule has 1 aromatic carbocycles. The number of nitrogens with zero attached hydrogens (tertiary/aromatic N) is 5. The maximum Gasteiger partial charge on any atom is 0.279 e. The maximum absolute atomic E-state index is 12.5. The number of ketones is 1. The van der Waals surface area contributed by atoms with E-state index in [1.54, 1.807) is 0 Å². The van der Waals surface area contributed by atoms with E-state index in [4.69, 9.17) is 8.83 Å². The third-order valence-corrected chi connectivity index (χ3v) is 3.75. The Morgan fingerprint density at radius 3 is 2.75 bits per heavy atom. The zero-order valence-corrected chi connectivity index (χ0v) is 14.7. The van der Waals surface area contributed by atoms with E-state index in [9.17, 15) is 9.59 Å². The molecule has 0 bridgehead atoms. The van der Waals surface area contributed by atoms with Gasteiger partial charge in [-0.2, -0.15) is 9.90 Å². The highest BCUT2D eigenvalue weighted by molar-refractivity contribution is 6.05. The van der Waals surface area contributed by atoms with Gasteiger partial charge in [0.1, 0.15) is 18.5 Å². The molecule has 0 spiro atoms. The van der Waals surface area contributed by atoms with E-state index in [1.165, 1.54) is 30.6 Å². The fourth-order valence-corrected chi connectivity index (χ4v) is 2.49. The van der Waals surface area contributed by atoms with Crippen LogP contribution in [0.3, 0.4) is 0 Å². The number of rotatable bonds is 6. The first kappa shape index (κ1) is 17.3. The monoisotopic (exact) mass is 378 g/mol. The molecule has 1 N–H and O–H groups in total. The summed E-state index contributed by atoms with van der Waals surface area (Å²) >= 11 is 0. The molecule has 10 nitrogen and oxygen atoms in total. The molecule has 0 atom stereocenters. The predicted octanol–water partition coefficient (Wildman–Crippen LogP) is 2.42. The fourth-order valence-electron chi connectivity index (χ4n) is 2.49. The molecule has 1 amide bonds. The molecular weight excluding hydrogens is 364 g/mol. The van der Waals surface area contributed by atoms with Crippen molar-refractivity contribution in [3.63, 3.8) is 0 Å². The lowest BCUT2D eigenvalue weighted by Crippen LogP contribution is -2.14. The number of oxazole rings is 2. The molecule has 10 heteroatoms. The van der Waals surface area contributed by atoms with Crippen LogP contribution in [0.1, 0.15) is 33.8 Å². The minimum Gasteiger partial charge on any atom is -0.443 e. The number of hydrogen-bond donors (Lipinski definition) is 1. The lowest BCUT2D eigenvalue weighted by atomic mass is 10.1. The van der Waals surface area contributed by atoms with Crippen molar-refractivity contribution in [2.75, 3.05) is 5.32 Å². The zero-order chi connectivity index (χ0) is 19.5. The van der Waals surface area contributed by atoms with Crippen molar-refractivity contribution in [2.45, 2.75) is 13.5 Å². The molecule has 0 saturated carbocycles. The summed E-state index contributed by atoms with van der Waals surface area (Å²) in [5, 5.41) is 10.9. The highest BCUT2D eigenvalue weighted by Gasteiger charge is 2.19. The maximum atomic E-state index is 12.5. The smallest absolute Gasteiger partial charge is 0.279 e. The van der Waals surface area contributed by atoms with Crippen LogP contribution in [-0.2, 0) is 6.54 Å². The Hall–Kier alpha value is -4.08. The van der Waals surface area contributed by atoms with E-state index in [-0.39, 0.29) is 29.7 Å². The van der Waals surface area contributed by atoms with E-state index < -0.39 is 5.91 Å². The van der Waals surface area contributed by atoms with Gasteiger partial charge in [0.05, 0.1) is 6.20 Å². The third kappa shape index (κ3) is 3.56. The molecule has 0 unspecified atom stereocenters. The summed E-state index contributed by atoms with van der Waals surface area (Å²) in [7, 11) is 0. The fraction of sp³-hybridized carbons (Fsp3) is 0.111. The molecule has 0 aliphatic heterocycles. The predicted molar refractivity (Wildman–Crippen MR) is 95.5 cm³/mol. The molecule has 0 fully saturated rings. The molecule has 140 valence electrons. The van der Waals surface area contributed by atoms with Crippen molar-refractivity contribution in [3.8, 4) is 11.3 Å². The third-order valence-electron chi connectivity index (χ3n) is 3.75. The minimum atomic E-state index is -0.472. The van der Waals surface area contributed by atoms with Crippen molar-refractivity contribution >= 4 is 17.5 Å². The lowest BCUT2D eigenvalue weighted by Gasteiger charge is -2.01. The minimum absolute atomic E-state index is 0.0233. The van der Waals surface area contributed by atoms with E-state index in [0.29, 0.717) is 11.5 Å². The number of Topliss-reactive ketones (excluding diaryl/α,β-unsaturated/α-hetero) is 1. The second kappa shape index (κ2) is 7.27. The summed E-state index contributed by atoms with van der Waals surface area (Å²) in [5.74, 6) is -0.114. The SMILES string of the molecule is CC(=O)c1nc(Cn2ncc(NC(=O)c3ncoc3-c3ccccc3)n2)co1. The van der Waals surface area contributed by atoms with Crippen LogP contribution in [0.2, 0.25) is 0 Å².